The summed E-state index contributed by atoms with van der Waals surface area (Å²) in [7, 11) is 0. The normalized spacial score (nSPS) is 14.8. The van der Waals surface area contributed by atoms with Gasteiger partial charge in [-0.05, 0) is 20.8 Å². The van der Waals surface area contributed by atoms with Crippen molar-refractivity contribution < 1.29 is 9.47 Å². The molecule has 112 valence electrons. The van der Waals surface area contributed by atoms with E-state index in [1.807, 2.05) is 26.0 Å². The second kappa shape index (κ2) is 5.44. The first kappa shape index (κ1) is 14.0. The summed E-state index contributed by atoms with van der Waals surface area (Å²) in [5.74, 6) is 1.45. The molecule has 0 spiro atoms. The van der Waals surface area contributed by atoms with Crippen LogP contribution < -0.4 is 20.5 Å². The largest absolute Gasteiger partial charge is 0.486 e. The molecular weight excluding hydrogens is 286 g/mol. The van der Waals surface area contributed by atoms with E-state index in [1.165, 1.54) is 4.88 Å². The van der Waals surface area contributed by atoms with Crippen LogP contribution in [0.25, 0.3) is 0 Å². The number of nitrogens with one attached hydrogen (secondary N) is 1. The van der Waals surface area contributed by atoms with Gasteiger partial charge in [-0.15, -0.1) is 11.3 Å². The third-order valence-electron chi connectivity index (χ3n) is 3.42. The fourth-order valence-electron chi connectivity index (χ4n) is 2.48. The van der Waals surface area contributed by atoms with Crippen LogP contribution in [0.15, 0.2) is 12.1 Å². The van der Waals surface area contributed by atoms with Gasteiger partial charge in [-0.25, -0.2) is 4.98 Å². The molecule has 1 aliphatic heterocycles. The molecule has 1 aliphatic rings. The zero-order valence-corrected chi connectivity index (χ0v) is 13.2. The van der Waals surface area contributed by atoms with Crippen LogP contribution >= 0.6 is 11.3 Å². The number of nitrogens with two attached hydrogens (primary N) is 1. The Morgan fingerprint density at radius 3 is 2.52 bits per heavy atom. The van der Waals surface area contributed by atoms with Gasteiger partial charge in [-0.3, -0.25) is 0 Å². The molecule has 0 aliphatic carbocycles. The molecule has 1 aromatic carbocycles. The number of benzene rings is 1. The van der Waals surface area contributed by atoms with E-state index in [9.17, 15) is 0 Å². The van der Waals surface area contributed by atoms with Crippen molar-refractivity contribution >= 4 is 22.7 Å². The molecule has 1 unspecified atom stereocenters. The molecule has 5 nitrogen and oxygen atoms in total. The summed E-state index contributed by atoms with van der Waals surface area (Å²) in [5.41, 5.74) is 8.68. The van der Waals surface area contributed by atoms with Crippen molar-refractivity contribution in [3.05, 3.63) is 27.7 Å². The van der Waals surface area contributed by atoms with Crippen LogP contribution in [0, 0.1) is 13.8 Å². The maximum Gasteiger partial charge on any atom is 0.163 e. The highest BCUT2D eigenvalue weighted by atomic mass is 32.1. The van der Waals surface area contributed by atoms with Crippen molar-refractivity contribution in [3.63, 3.8) is 0 Å². The number of aryl methyl sites for hydroxylation is 2. The lowest BCUT2D eigenvalue weighted by Gasteiger charge is -2.22. The van der Waals surface area contributed by atoms with Crippen molar-refractivity contribution in [3.8, 4) is 11.5 Å². The summed E-state index contributed by atoms with van der Waals surface area (Å²) in [4.78, 5) is 5.69. The van der Waals surface area contributed by atoms with Crippen LogP contribution in [0.2, 0.25) is 0 Å². The Hall–Kier alpha value is -1.95. The van der Waals surface area contributed by atoms with Crippen molar-refractivity contribution in [1.82, 2.24) is 4.98 Å². The monoisotopic (exact) mass is 305 g/mol. The van der Waals surface area contributed by atoms with Gasteiger partial charge in [0, 0.05) is 17.0 Å². The summed E-state index contributed by atoms with van der Waals surface area (Å²) in [6.07, 6.45) is 0. The van der Waals surface area contributed by atoms with Gasteiger partial charge in [0.05, 0.1) is 28.1 Å². The van der Waals surface area contributed by atoms with Crippen LogP contribution in [0.3, 0.4) is 0 Å². The molecule has 2 heterocycles. The van der Waals surface area contributed by atoms with E-state index in [-0.39, 0.29) is 6.04 Å². The van der Waals surface area contributed by atoms with Gasteiger partial charge >= 0.3 is 0 Å². The summed E-state index contributed by atoms with van der Waals surface area (Å²) in [6, 6.07) is 3.86. The minimum Gasteiger partial charge on any atom is -0.486 e. The minimum absolute atomic E-state index is 0.140. The average molecular weight is 305 g/mol. The van der Waals surface area contributed by atoms with Crippen LogP contribution in [-0.2, 0) is 0 Å². The number of aromatic nitrogens is 1. The molecule has 3 N–H and O–H groups in total. The highest BCUT2D eigenvalue weighted by molar-refractivity contribution is 7.11. The highest BCUT2D eigenvalue weighted by Gasteiger charge is 2.18. The number of nitrogen functional groups attached to an aromatic ring is 1. The average Bonchev–Trinajstić information content (AvgIpc) is 2.78. The Morgan fingerprint density at radius 1 is 1.24 bits per heavy atom. The number of ether oxygens (including phenoxy) is 2. The van der Waals surface area contributed by atoms with Crippen LogP contribution in [0.5, 0.6) is 11.5 Å². The van der Waals surface area contributed by atoms with Gasteiger partial charge in [-0.1, -0.05) is 0 Å². The molecule has 0 radical (unpaired) electrons. The Morgan fingerprint density at radius 2 is 1.90 bits per heavy atom. The maximum atomic E-state index is 6.10. The third-order valence-corrected chi connectivity index (χ3v) is 4.67. The standard InChI is InChI=1S/C15H19N3O2S/c1-8-15(21-10(3)17-8)9(2)18-12-7-14-13(6-11(12)16)19-4-5-20-14/h6-7,9,18H,4-5,16H2,1-3H3. The van der Waals surface area contributed by atoms with E-state index >= 15 is 0 Å². The molecule has 2 aromatic rings. The number of rotatable bonds is 3. The lowest BCUT2D eigenvalue weighted by atomic mass is 10.2. The quantitative estimate of drug-likeness (QED) is 0.852. The topological polar surface area (TPSA) is 69.4 Å². The van der Waals surface area contributed by atoms with E-state index in [4.69, 9.17) is 15.2 Å². The zero-order chi connectivity index (χ0) is 15.0. The highest BCUT2D eigenvalue weighted by Crippen LogP contribution is 2.38. The fourth-order valence-corrected chi connectivity index (χ4v) is 3.41. The number of hydrogen-bond donors (Lipinski definition) is 2. The molecule has 0 fully saturated rings. The van der Waals surface area contributed by atoms with Crippen LogP contribution in [0.4, 0.5) is 11.4 Å². The summed E-state index contributed by atoms with van der Waals surface area (Å²) in [5, 5.41) is 4.52. The van der Waals surface area contributed by atoms with Gasteiger partial charge < -0.3 is 20.5 Å². The van der Waals surface area contributed by atoms with E-state index in [0.29, 0.717) is 24.7 Å². The number of fused-ring (bicyclic) bond motifs is 1. The van der Waals surface area contributed by atoms with Gasteiger partial charge in [0.1, 0.15) is 13.2 Å². The summed E-state index contributed by atoms with van der Waals surface area (Å²) in [6.45, 7) is 7.29. The number of nitrogens with zero attached hydrogens (tertiary/aromatic N) is 1. The van der Waals surface area contributed by atoms with E-state index in [0.717, 1.165) is 22.1 Å². The van der Waals surface area contributed by atoms with E-state index < -0.39 is 0 Å². The molecule has 3 rings (SSSR count). The molecule has 1 atom stereocenters. The number of hydrogen-bond acceptors (Lipinski definition) is 6. The van der Waals surface area contributed by atoms with Gasteiger partial charge in [0.15, 0.2) is 11.5 Å². The molecule has 0 amide bonds. The van der Waals surface area contributed by atoms with Gasteiger partial charge in [-0.2, -0.15) is 0 Å². The number of thiazole rings is 1. The lowest BCUT2D eigenvalue weighted by Crippen LogP contribution is -2.16. The Balaban J connectivity index is 1.86. The molecule has 0 saturated heterocycles. The molecular formula is C15H19N3O2S. The molecule has 1 aromatic heterocycles. The first-order valence-corrected chi connectivity index (χ1v) is 7.76. The minimum atomic E-state index is 0.140. The van der Waals surface area contributed by atoms with Crippen molar-refractivity contribution in [1.29, 1.82) is 0 Å². The van der Waals surface area contributed by atoms with Crippen molar-refractivity contribution in [2.75, 3.05) is 24.3 Å². The summed E-state index contributed by atoms with van der Waals surface area (Å²) >= 11 is 1.71. The molecule has 0 bridgehead atoms. The predicted octanol–water partition coefficient (Wildman–Crippen LogP) is 3.29. The third kappa shape index (κ3) is 2.76. The molecule has 0 saturated carbocycles. The lowest BCUT2D eigenvalue weighted by molar-refractivity contribution is 0.172. The van der Waals surface area contributed by atoms with Crippen molar-refractivity contribution in [2.45, 2.75) is 26.8 Å². The van der Waals surface area contributed by atoms with E-state index in [1.54, 1.807) is 11.3 Å². The maximum absolute atomic E-state index is 6.10. The molecule has 6 heteroatoms. The fraction of sp³-hybridized carbons (Fsp3) is 0.400. The van der Waals surface area contributed by atoms with E-state index in [2.05, 4.69) is 17.2 Å². The van der Waals surface area contributed by atoms with Crippen molar-refractivity contribution in [2.24, 2.45) is 0 Å². The summed E-state index contributed by atoms with van der Waals surface area (Å²) < 4.78 is 11.1. The van der Waals surface area contributed by atoms with Gasteiger partial charge in [0.25, 0.3) is 0 Å². The second-order valence-corrected chi connectivity index (χ2v) is 6.37. The number of anilines is 2. The second-order valence-electron chi connectivity index (χ2n) is 5.13. The van der Waals surface area contributed by atoms with Gasteiger partial charge in [0.2, 0.25) is 0 Å². The predicted molar refractivity (Wildman–Crippen MR) is 85.5 cm³/mol. The van der Waals surface area contributed by atoms with Crippen LogP contribution in [0.1, 0.15) is 28.5 Å². The Labute approximate surface area is 128 Å². The molecule has 21 heavy (non-hydrogen) atoms. The Bertz CT molecular complexity index is 669. The Kier molecular flexibility index (Phi) is 3.63. The first-order valence-electron chi connectivity index (χ1n) is 6.94. The first-order chi connectivity index (χ1) is 10.0. The zero-order valence-electron chi connectivity index (χ0n) is 12.4. The smallest absolute Gasteiger partial charge is 0.163 e. The van der Waals surface area contributed by atoms with Crippen LogP contribution in [-0.4, -0.2) is 18.2 Å². The SMILES string of the molecule is Cc1nc(C)c(C(C)Nc2cc3c(cc2N)OCCO3)s1.